The zero-order chi connectivity index (χ0) is 14.9. The molecule has 0 amide bonds. The summed E-state index contributed by atoms with van der Waals surface area (Å²) in [6.07, 6.45) is 3.15. The van der Waals surface area contributed by atoms with Crippen LogP contribution in [-0.4, -0.2) is 47.1 Å². The van der Waals surface area contributed by atoms with E-state index in [-0.39, 0.29) is 23.5 Å². The van der Waals surface area contributed by atoms with Crippen LogP contribution in [0.15, 0.2) is 17.6 Å². The number of rotatable bonds is 5. The third kappa shape index (κ3) is 3.05. The van der Waals surface area contributed by atoms with Crippen molar-refractivity contribution in [1.29, 1.82) is 0 Å². The van der Waals surface area contributed by atoms with E-state index in [1.807, 2.05) is 6.92 Å². The molecule has 1 aromatic heterocycles. The summed E-state index contributed by atoms with van der Waals surface area (Å²) in [4.78, 5) is 4.03. The zero-order valence-corrected chi connectivity index (χ0v) is 13.0. The molecule has 1 aromatic rings. The molecule has 0 aliphatic carbocycles. The van der Waals surface area contributed by atoms with Gasteiger partial charge in [-0.05, 0) is 17.8 Å². The van der Waals surface area contributed by atoms with Gasteiger partial charge in [0.25, 0.3) is 10.0 Å². The molecule has 0 radical (unpaired) electrons. The fourth-order valence-electron chi connectivity index (χ4n) is 2.55. The molecule has 2 atom stereocenters. The Balaban J connectivity index is 2.17. The topological polar surface area (TPSA) is 75.4 Å². The van der Waals surface area contributed by atoms with Crippen molar-refractivity contribution >= 4 is 10.0 Å². The third-order valence-corrected chi connectivity index (χ3v) is 5.48. The van der Waals surface area contributed by atoms with Crippen LogP contribution in [0.3, 0.4) is 0 Å². The molecular weight excluding hydrogens is 278 g/mol. The van der Waals surface area contributed by atoms with Gasteiger partial charge in [-0.2, -0.15) is 4.31 Å². The SMILES string of the molecule is CC(C)Cn1cnc(S(=O)(=O)N2C[C@@H](CO)[C@H](C)C2)c1. The number of aromatic nitrogens is 2. The van der Waals surface area contributed by atoms with Crippen molar-refractivity contribution in [2.24, 2.45) is 17.8 Å². The van der Waals surface area contributed by atoms with E-state index in [1.165, 1.54) is 4.31 Å². The number of hydrogen-bond acceptors (Lipinski definition) is 4. The minimum atomic E-state index is -3.54. The van der Waals surface area contributed by atoms with Crippen molar-refractivity contribution < 1.29 is 13.5 Å². The quantitative estimate of drug-likeness (QED) is 0.872. The first kappa shape index (κ1) is 15.5. The largest absolute Gasteiger partial charge is 0.396 e. The highest BCUT2D eigenvalue weighted by Crippen LogP contribution is 2.27. The van der Waals surface area contributed by atoms with Crippen LogP contribution >= 0.6 is 0 Å². The van der Waals surface area contributed by atoms with Gasteiger partial charge in [-0.15, -0.1) is 0 Å². The highest BCUT2D eigenvalue weighted by atomic mass is 32.2. The number of imidazole rings is 1. The van der Waals surface area contributed by atoms with Crippen LogP contribution in [0.5, 0.6) is 0 Å². The Morgan fingerprint density at radius 1 is 1.45 bits per heavy atom. The molecule has 20 heavy (non-hydrogen) atoms. The summed E-state index contributed by atoms with van der Waals surface area (Å²) in [5, 5.41) is 9.35. The van der Waals surface area contributed by atoms with Crippen LogP contribution in [0.4, 0.5) is 0 Å². The second-order valence-electron chi connectivity index (χ2n) is 6.04. The minimum absolute atomic E-state index is 0.0162. The van der Waals surface area contributed by atoms with Crippen LogP contribution < -0.4 is 0 Å². The van der Waals surface area contributed by atoms with E-state index in [4.69, 9.17) is 0 Å². The zero-order valence-electron chi connectivity index (χ0n) is 12.2. The molecule has 7 heteroatoms. The van der Waals surface area contributed by atoms with E-state index < -0.39 is 10.0 Å². The fourth-order valence-corrected chi connectivity index (χ4v) is 4.08. The molecule has 1 N–H and O–H groups in total. The minimum Gasteiger partial charge on any atom is -0.396 e. The molecule has 2 heterocycles. The lowest BCUT2D eigenvalue weighted by Crippen LogP contribution is -2.29. The molecule has 114 valence electrons. The van der Waals surface area contributed by atoms with Gasteiger partial charge in [-0.25, -0.2) is 13.4 Å². The standard InChI is InChI=1S/C13H23N3O3S/c1-10(2)4-15-7-13(14-9-15)20(18,19)16-5-11(3)12(6-16)8-17/h7,9-12,17H,4-6,8H2,1-3H3/t11-,12+/m1/s1. The van der Waals surface area contributed by atoms with Crippen molar-refractivity contribution in [3.8, 4) is 0 Å². The molecule has 2 rings (SSSR count). The van der Waals surface area contributed by atoms with Crippen molar-refractivity contribution in [1.82, 2.24) is 13.9 Å². The fraction of sp³-hybridized carbons (Fsp3) is 0.769. The number of hydrogen-bond donors (Lipinski definition) is 1. The van der Waals surface area contributed by atoms with E-state index >= 15 is 0 Å². The van der Waals surface area contributed by atoms with Gasteiger partial charge in [0.15, 0.2) is 5.03 Å². The molecule has 6 nitrogen and oxygen atoms in total. The monoisotopic (exact) mass is 301 g/mol. The normalized spacial score (nSPS) is 24.6. The molecule has 1 aliphatic rings. The molecule has 0 spiro atoms. The van der Waals surface area contributed by atoms with Gasteiger partial charge >= 0.3 is 0 Å². The Morgan fingerprint density at radius 2 is 2.15 bits per heavy atom. The Bertz CT molecular complexity index is 553. The first-order chi connectivity index (χ1) is 9.34. The molecular formula is C13H23N3O3S. The van der Waals surface area contributed by atoms with Crippen LogP contribution in [0.2, 0.25) is 0 Å². The molecule has 1 fully saturated rings. The maximum Gasteiger partial charge on any atom is 0.262 e. The van der Waals surface area contributed by atoms with Crippen molar-refractivity contribution in [3.63, 3.8) is 0 Å². The summed E-state index contributed by atoms with van der Waals surface area (Å²) in [5.74, 6) is 0.625. The summed E-state index contributed by atoms with van der Waals surface area (Å²) in [6, 6.07) is 0. The van der Waals surface area contributed by atoms with Crippen LogP contribution in [0.1, 0.15) is 20.8 Å². The third-order valence-electron chi connectivity index (χ3n) is 3.76. The first-order valence-corrected chi connectivity index (χ1v) is 8.41. The van der Waals surface area contributed by atoms with Crippen molar-refractivity contribution in [2.75, 3.05) is 19.7 Å². The summed E-state index contributed by atoms with van der Waals surface area (Å²) < 4.78 is 28.3. The lowest BCUT2D eigenvalue weighted by Gasteiger charge is -2.14. The molecule has 1 aliphatic heterocycles. The Labute approximate surface area is 120 Å². The van der Waals surface area contributed by atoms with Crippen LogP contribution in [0, 0.1) is 17.8 Å². The van der Waals surface area contributed by atoms with Crippen LogP contribution in [-0.2, 0) is 16.6 Å². The Kier molecular flexibility index (Phi) is 4.51. The highest BCUT2D eigenvalue weighted by Gasteiger charge is 2.37. The maximum absolute atomic E-state index is 12.5. The van der Waals surface area contributed by atoms with Gasteiger partial charge in [0.1, 0.15) is 0 Å². The van der Waals surface area contributed by atoms with Gasteiger partial charge < -0.3 is 9.67 Å². The molecule has 0 unspecified atom stereocenters. The van der Waals surface area contributed by atoms with E-state index in [9.17, 15) is 13.5 Å². The maximum atomic E-state index is 12.5. The van der Waals surface area contributed by atoms with Gasteiger partial charge in [0.2, 0.25) is 0 Å². The Hall–Kier alpha value is -0.920. The summed E-state index contributed by atoms with van der Waals surface area (Å²) >= 11 is 0. The second kappa shape index (κ2) is 5.83. The lowest BCUT2D eigenvalue weighted by molar-refractivity contribution is 0.210. The van der Waals surface area contributed by atoms with E-state index in [2.05, 4.69) is 18.8 Å². The predicted molar refractivity (Wildman–Crippen MR) is 75.6 cm³/mol. The lowest BCUT2D eigenvalue weighted by atomic mass is 10.00. The number of aliphatic hydroxyl groups is 1. The number of nitrogens with zero attached hydrogens (tertiary/aromatic N) is 3. The second-order valence-corrected chi connectivity index (χ2v) is 7.93. The molecule has 0 bridgehead atoms. The molecule has 0 saturated carbocycles. The molecule has 0 aromatic carbocycles. The smallest absolute Gasteiger partial charge is 0.262 e. The molecule has 1 saturated heterocycles. The number of aliphatic hydroxyl groups excluding tert-OH is 1. The highest BCUT2D eigenvalue weighted by molar-refractivity contribution is 7.89. The predicted octanol–water partition coefficient (Wildman–Crippen LogP) is 0.788. The van der Waals surface area contributed by atoms with Crippen LogP contribution in [0.25, 0.3) is 0 Å². The first-order valence-electron chi connectivity index (χ1n) is 6.97. The van der Waals surface area contributed by atoms with E-state index in [0.29, 0.717) is 19.0 Å². The Morgan fingerprint density at radius 3 is 2.70 bits per heavy atom. The van der Waals surface area contributed by atoms with Crippen molar-refractivity contribution in [3.05, 3.63) is 12.5 Å². The van der Waals surface area contributed by atoms with Gasteiger partial charge in [-0.3, -0.25) is 0 Å². The average molecular weight is 301 g/mol. The summed E-state index contributed by atoms with van der Waals surface area (Å²) in [7, 11) is -3.54. The van der Waals surface area contributed by atoms with E-state index in [0.717, 1.165) is 6.54 Å². The van der Waals surface area contributed by atoms with Crippen molar-refractivity contribution in [2.45, 2.75) is 32.3 Å². The van der Waals surface area contributed by atoms with Gasteiger partial charge in [0, 0.05) is 32.4 Å². The number of sulfonamides is 1. The average Bonchev–Trinajstić information content (AvgIpc) is 2.95. The summed E-state index contributed by atoms with van der Waals surface area (Å²) in [5.41, 5.74) is 0. The van der Waals surface area contributed by atoms with Gasteiger partial charge in [-0.1, -0.05) is 20.8 Å². The summed E-state index contributed by atoms with van der Waals surface area (Å²) in [6.45, 7) is 7.70. The van der Waals surface area contributed by atoms with Gasteiger partial charge in [0.05, 0.1) is 6.33 Å². The van der Waals surface area contributed by atoms with E-state index in [1.54, 1.807) is 17.1 Å².